The average molecular weight is 617 g/mol. The number of likely N-dealkylation sites (tertiary alicyclic amines) is 1. The zero-order valence-corrected chi connectivity index (χ0v) is 24.8. The molecule has 2 aliphatic heterocycles. The van der Waals surface area contributed by atoms with Crippen molar-refractivity contribution in [3.8, 4) is 5.75 Å². The first-order valence-electron chi connectivity index (χ1n) is 13.8. The Morgan fingerprint density at radius 3 is 2.60 bits per heavy atom. The second-order valence-corrected chi connectivity index (χ2v) is 11.9. The van der Waals surface area contributed by atoms with Crippen LogP contribution in [0.25, 0.3) is 5.70 Å². The van der Waals surface area contributed by atoms with E-state index in [2.05, 4.69) is 10.6 Å². The Kier molecular flexibility index (Phi) is 8.22. The SMILES string of the molecule is CN/C(=C1/CCN(C(=O)c2cc(F)cc(OCC3CNC(=O)C3)c2Cl)C(C)C1=N)c1cc(Cl)cc(C2(C(N)=O)CC2)c1. The molecule has 12 heteroatoms. The molecule has 0 radical (unpaired) electrons. The lowest BCUT2D eigenvalue weighted by atomic mass is 9.88. The molecule has 2 aromatic carbocycles. The van der Waals surface area contributed by atoms with E-state index < -0.39 is 29.1 Å². The van der Waals surface area contributed by atoms with E-state index >= 15 is 0 Å². The summed E-state index contributed by atoms with van der Waals surface area (Å²) in [7, 11) is 1.74. The summed E-state index contributed by atoms with van der Waals surface area (Å²) < 4.78 is 20.3. The molecule has 3 fully saturated rings. The van der Waals surface area contributed by atoms with Crippen molar-refractivity contribution in [2.45, 2.75) is 44.1 Å². The van der Waals surface area contributed by atoms with Gasteiger partial charge in [0.15, 0.2) is 0 Å². The molecule has 5 N–H and O–H groups in total. The van der Waals surface area contributed by atoms with E-state index in [1.807, 2.05) is 6.07 Å². The number of ether oxygens (including phenoxy) is 1. The van der Waals surface area contributed by atoms with E-state index in [1.165, 1.54) is 4.90 Å². The molecule has 222 valence electrons. The van der Waals surface area contributed by atoms with E-state index in [1.54, 1.807) is 26.1 Å². The van der Waals surface area contributed by atoms with Crippen LogP contribution in [0.15, 0.2) is 35.9 Å². The number of piperidine rings is 1. The number of rotatable bonds is 8. The number of carbonyl (C=O) groups is 3. The van der Waals surface area contributed by atoms with Crippen molar-refractivity contribution in [1.82, 2.24) is 15.5 Å². The van der Waals surface area contributed by atoms with Gasteiger partial charge in [-0.3, -0.25) is 14.4 Å². The molecular weight excluding hydrogens is 584 g/mol. The van der Waals surface area contributed by atoms with Gasteiger partial charge in [0.05, 0.1) is 34.4 Å². The van der Waals surface area contributed by atoms with Gasteiger partial charge in [-0.1, -0.05) is 23.2 Å². The van der Waals surface area contributed by atoms with Crippen LogP contribution in [0.1, 0.15) is 54.1 Å². The molecule has 2 aromatic rings. The van der Waals surface area contributed by atoms with Gasteiger partial charge >= 0.3 is 0 Å². The quantitative estimate of drug-likeness (QED) is 0.355. The summed E-state index contributed by atoms with van der Waals surface area (Å²) >= 11 is 13.0. The molecule has 1 saturated carbocycles. The van der Waals surface area contributed by atoms with Crippen molar-refractivity contribution in [3.05, 3.63) is 68.5 Å². The first kappa shape index (κ1) is 29.8. The molecule has 0 aromatic heterocycles. The molecule has 0 bridgehead atoms. The number of nitrogens with zero attached hydrogens (tertiary/aromatic N) is 1. The number of hydrogen-bond donors (Lipinski definition) is 4. The van der Waals surface area contributed by atoms with Gasteiger partial charge in [-0.2, -0.15) is 0 Å². The molecule has 2 heterocycles. The van der Waals surface area contributed by atoms with Gasteiger partial charge in [0.1, 0.15) is 11.6 Å². The summed E-state index contributed by atoms with van der Waals surface area (Å²) in [5, 5.41) is 15.3. The van der Waals surface area contributed by atoms with Gasteiger partial charge in [-0.25, -0.2) is 4.39 Å². The normalized spacial score (nSPS) is 22.5. The number of nitrogens with one attached hydrogen (secondary N) is 3. The third-order valence-electron chi connectivity index (χ3n) is 8.36. The first-order valence-corrected chi connectivity index (χ1v) is 14.5. The fourth-order valence-corrected chi connectivity index (χ4v) is 6.24. The standard InChI is InChI=1S/C30H32Cl2FN5O4/c1-15-26(34)21(27(36-2)17-8-18(10-19(31)9-17)30(4-5-30)29(35)41)3-6-38(15)28(40)22-11-20(33)12-23(25(22)32)42-14-16-7-24(39)37-13-16/h8-12,15-16,34,36H,3-7,13-14H2,1-2H3,(H2,35,41)(H,37,39)/b27-21-,34-26?. The predicted octanol–water partition coefficient (Wildman–Crippen LogP) is 4.05. The molecule has 5 rings (SSSR count). The molecule has 2 saturated heterocycles. The highest BCUT2D eigenvalue weighted by atomic mass is 35.5. The Balaban J connectivity index is 1.39. The van der Waals surface area contributed by atoms with Gasteiger partial charge in [-0.05, 0) is 61.6 Å². The van der Waals surface area contributed by atoms with Crippen molar-refractivity contribution in [3.63, 3.8) is 0 Å². The highest BCUT2D eigenvalue weighted by Gasteiger charge is 2.50. The van der Waals surface area contributed by atoms with Crippen LogP contribution in [0.5, 0.6) is 5.75 Å². The molecule has 1 aliphatic carbocycles. The minimum Gasteiger partial charge on any atom is -0.492 e. The molecular formula is C30H32Cl2FN5O4. The third kappa shape index (κ3) is 5.57. The summed E-state index contributed by atoms with van der Waals surface area (Å²) in [6.07, 6.45) is 1.96. The highest BCUT2D eigenvalue weighted by Crippen LogP contribution is 2.49. The molecule has 3 aliphatic rings. The Labute approximate surface area is 253 Å². The van der Waals surface area contributed by atoms with Crippen LogP contribution < -0.4 is 21.1 Å². The van der Waals surface area contributed by atoms with Crippen LogP contribution in [0, 0.1) is 17.1 Å². The van der Waals surface area contributed by atoms with Crippen LogP contribution in [-0.2, 0) is 15.0 Å². The van der Waals surface area contributed by atoms with E-state index in [4.69, 9.17) is 39.1 Å². The van der Waals surface area contributed by atoms with Crippen LogP contribution >= 0.6 is 23.2 Å². The number of nitrogens with two attached hydrogens (primary N) is 1. The van der Waals surface area contributed by atoms with Gasteiger partial charge in [0.2, 0.25) is 11.8 Å². The van der Waals surface area contributed by atoms with Gasteiger partial charge in [0.25, 0.3) is 5.91 Å². The lowest BCUT2D eigenvalue weighted by molar-refractivity contribution is -0.120. The minimum absolute atomic E-state index is 0.0235. The van der Waals surface area contributed by atoms with Gasteiger partial charge < -0.3 is 31.4 Å². The zero-order chi connectivity index (χ0) is 30.3. The zero-order valence-electron chi connectivity index (χ0n) is 23.3. The van der Waals surface area contributed by atoms with Crippen LogP contribution in [0.3, 0.4) is 0 Å². The summed E-state index contributed by atoms with van der Waals surface area (Å²) in [6, 6.07) is 6.93. The van der Waals surface area contributed by atoms with E-state index in [-0.39, 0.29) is 47.0 Å². The largest absolute Gasteiger partial charge is 0.492 e. The van der Waals surface area contributed by atoms with Crippen molar-refractivity contribution < 1.29 is 23.5 Å². The minimum atomic E-state index is -0.724. The maximum Gasteiger partial charge on any atom is 0.256 e. The maximum atomic E-state index is 14.6. The van der Waals surface area contributed by atoms with E-state index in [0.717, 1.165) is 17.7 Å². The van der Waals surface area contributed by atoms with Crippen LogP contribution in [0.4, 0.5) is 4.39 Å². The highest BCUT2D eigenvalue weighted by molar-refractivity contribution is 6.35. The number of amides is 3. The molecule has 3 amide bonds. The Morgan fingerprint density at radius 2 is 1.98 bits per heavy atom. The van der Waals surface area contributed by atoms with Crippen LogP contribution in [-0.4, -0.2) is 61.1 Å². The van der Waals surface area contributed by atoms with E-state index in [0.29, 0.717) is 54.1 Å². The summed E-state index contributed by atoms with van der Waals surface area (Å²) in [5.74, 6) is -1.72. The van der Waals surface area contributed by atoms with Crippen molar-refractivity contribution >= 4 is 52.3 Å². The molecule has 42 heavy (non-hydrogen) atoms. The lowest BCUT2D eigenvalue weighted by Crippen LogP contribution is -2.48. The molecule has 2 unspecified atom stereocenters. The van der Waals surface area contributed by atoms with E-state index in [9.17, 15) is 18.8 Å². The summed E-state index contributed by atoms with van der Waals surface area (Å²) in [6.45, 7) is 2.59. The Morgan fingerprint density at radius 1 is 1.24 bits per heavy atom. The number of hydrogen-bond acceptors (Lipinski definition) is 6. The number of benzene rings is 2. The van der Waals surface area contributed by atoms with Crippen molar-refractivity contribution in [2.24, 2.45) is 11.7 Å². The number of primary amides is 1. The maximum absolute atomic E-state index is 14.6. The van der Waals surface area contributed by atoms with Gasteiger partial charge in [0, 0.05) is 54.8 Å². The second kappa shape index (κ2) is 11.6. The fraction of sp³-hybridized carbons (Fsp3) is 0.400. The van der Waals surface area contributed by atoms with Crippen molar-refractivity contribution in [2.75, 3.05) is 26.7 Å². The number of carbonyl (C=O) groups excluding carboxylic acids is 3. The monoisotopic (exact) mass is 615 g/mol. The van der Waals surface area contributed by atoms with Gasteiger partial charge in [-0.15, -0.1) is 0 Å². The second-order valence-electron chi connectivity index (χ2n) is 11.1. The summed E-state index contributed by atoms with van der Waals surface area (Å²) in [4.78, 5) is 38.8. The topological polar surface area (TPSA) is 138 Å². The molecule has 0 spiro atoms. The lowest BCUT2D eigenvalue weighted by Gasteiger charge is -2.36. The Bertz CT molecular complexity index is 1520. The van der Waals surface area contributed by atoms with Crippen molar-refractivity contribution in [1.29, 1.82) is 5.41 Å². The number of halogens is 3. The fourth-order valence-electron chi connectivity index (χ4n) is 5.76. The third-order valence-corrected chi connectivity index (χ3v) is 8.97. The Hall–Kier alpha value is -3.63. The smallest absolute Gasteiger partial charge is 0.256 e. The van der Waals surface area contributed by atoms with Crippen LogP contribution in [0.2, 0.25) is 10.0 Å². The average Bonchev–Trinajstić information content (AvgIpc) is 3.67. The predicted molar refractivity (Wildman–Crippen MR) is 158 cm³/mol. The first-order chi connectivity index (χ1) is 19.9. The summed E-state index contributed by atoms with van der Waals surface area (Å²) in [5.41, 5.74) is 7.94. The molecule has 2 atom stereocenters. The molecule has 9 nitrogen and oxygen atoms in total.